The van der Waals surface area contributed by atoms with Crippen molar-refractivity contribution in [2.45, 2.75) is 33.0 Å². The molecule has 0 aliphatic carbocycles. The predicted octanol–water partition coefficient (Wildman–Crippen LogP) is 3.09. The molecule has 21 heavy (non-hydrogen) atoms. The fraction of sp³-hybridized carbons (Fsp3) is 0.562. The summed E-state index contributed by atoms with van der Waals surface area (Å²) in [6, 6.07) is 2.58. The van der Waals surface area contributed by atoms with Gasteiger partial charge in [-0.25, -0.2) is 4.39 Å². The van der Waals surface area contributed by atoms with E-state index in [0.717, 1.165) is 0 Å². The summed E-state index contributed by atoms with van der Waals surface area (Å²) in [5.41, 5.74) is 0.0223. The number of halogens is 1. The first-order chi connectivity index (χ1) is 9.90. The zero-order valence-corrected chi connectivity index (χ0v) is 13.0. The zero-order valence-electron chi connectivity index (χ0n) is 13.0. The predicted molar refractivity (Wildman–Crippen MR) is 76.5 cm³/mol. The van der Waals surface area contributed by atoms with Gasteiger partial charge in [-0.15, -0.1) is 0 Å². The lowest BCUT2D eigenvalue weighted by Crippen LogP contribution is -2.27. The van der Waals surface area contributed by atoms with Gasteiger partial charge >= 0.3 is 0 Å². The van der Waals surface area contributed by atoms with Crippen LogP contribution in [0.2, 0.25) is 0 Å². The number of methoxy groups -OCH3 is 2. The number of carbonyl (C=O) groups is 1. The van der Waals surface area contributed by atoms with Crippen molar-refractivity contribution in [1.82, 2.24) is 0 Å². The lowest BCUT2D eigenvalue weighted by molar-refractivity contribution is 0.0490. The number of ketones is 1. The van der Waals surface area contributed by atoms with Gasteiger partial charge in [-0.05, 0) is 25.8 Å². The first kappa shape index (κ1) is 15.8. The summed E-state index contributed by atoms with van der Waals surface area (Å²) < 4.78 is 30.1. The Bertz CT molecular complexity index is 543. The number of ether oxygens (including phenoxy) is 3. The fourth-order valence-electron chi connectivity index (χ4n) is 2.94. The van der Waals surface area contributed by atoms with E-state index in [-0.39, 0.29) is 41.1 Å². The minimum Gasteiger partial charge on any atom is -0.493 e. The summed E-state index contributed by atoms with van der Waals surface area (Å²) in [7, 11) is 2.88. The smallest absolute Gasteiger partial charge is 0.171 e. The van der Waals surface area contributed by atoms with E-state index >= 15 is 0 Å². The second kappa shape index (κ2) is 6.02. The summed E-state index contributed by atoms with van der Waals surface area (Å²) in [6.45, 7) is 5.73. The second-order valence-corrected chi connectivity index (χ2v) is 5.48. The highest BCUT2D eigenvalue weighted by Crippen LogP contribution is 2.37. The van der Waals surface area contributed by atoms with Gasteiger partial charge in [0.1, 0.15) is 5.82 Å². The molecule has 0 aromatic heterocycles. The Hall–Kier alpha value is -1.62. The highest BCUT2D eigenvalue weighted by atomic mass is 19.1. The van der Waals surface area contributed by atoms with E-state index in [1.54, 1.807) is 0 Å². The quantitative estimate of drug-likeness (QED) is 0.801. The minimum absolute atomic E-state index is 0.0165. The molecule has 0 amide bonds. The van der Waals surface area contributed by atoms with Gasteiger partial charge in [0.05, 0.1) is 37.9 Å². The Balaban J connectivity index is 2.40. The van der Waals surface area contributed by atoms with Crippen LogP contribution in [0, 0.1) is 17.7 Å². The molecule has 1 fully saturated rings. The molecule has 1 aliphatic heterocycles. The van der Waals surface area contributed by atoms with Crippen molar-refractivity contribution in [3.05, 3.63) is 23.5 Å². The molecule has 0 bridgehead atoms. The maximum atomic E-state index is 14.2. The van der Waals surface area contributed by atoms with Crippen LogP contribution in [0.25, 0.3) is 0 Å². The van der Waals surface area contributed by atoms with Gasteiger partial charge < -0.3 is 14.2 Å². The van der Waals surface area contributed by atoms with Crippen LogP contribution in [-0.4, -0.2) is 32.2 Å². The Morgan fingerprint density at radius 1 is 1.10 bits per heavy atom. The molecule has 1 aromatic rings. The number of Topliss-reactive ketones (excluding diaryl/α,β-unsaturated/α-hetero) is 1. The number of rotatable bonds is 4. The molecule has 0 radical (unpaired) electrons. The number of hydrogen-bond acceptors (Lipinski definition) is 4. The normalized spacial score (nSPS) is 28.5. The summed E-state index contributed by atoms with van der Waals surface area (Å²) in [4.78, 5) is 12.7. The largest absolute Gasteiger partial charge is 0.493 e. The van der Waals surface area contributed by atoms with Gasteiger partial charge in [0.2, 0.25) is 0 Å². The van der Waals surface area contributed by atoms with Crippen molar-refractivity contribution in [3.8, 4) is 11.5 Å². The van der Waals surface area contributed by atoms with Gasteiger partial charge in [-0.3, -0.25) is 4.79 Å². The van der Waals surface area contributed by atoms with Crippen LogP contribution in [0.4, 0.5) is 4.39 Å². The molecule has 0 saturated carbocycles. The highest BCUT2D eigenvalue weighted by molar-refractivity contribution is 5.99. The molecule has 2 rings (SSSR count). The van der Waals surface area contributed by atoms with Crippen LogP contribution >= 0.6 is 0 Å². The minimum atomic E-state index is -0.600. The van der Waals surface area contributed by atoms with E-state index < -0.39 is 5.82 Å². The first-order valence-corrected chi connectivity index (χ1v) is 7.01. The van der Waals surface area contributed by atoms with Crippen molar-refractivity contribution >= 4 is 5.78 Å². The lowest BCUT2D eigenvalue weighted by Gasteiger charge is -2.18. The standard InChI is InChI=1S/C16H21FO4/c1-8-9(2)21-10(3)15(8)16(18)11-6-13(19-4)14(20-5)7-12(11)17/h6-10,15H,1-5H3. The van der Waals surface area contributed by atoms with Gasteiger partial charge in [0.15, 0.2) is 17.3 Å². The topological polar surface area (TPSA) is 44.8 Å². The van der Waals surface area contributed by atoms with E-state index in [1.807, 2.05) is 20.8 Å². The van der Waals surface area contributed by atoms with Crippen LogP contribution in [0.1, 0.15) is 31.1 Å². The number of hydrogen-bond donors (Lipinski definition) is 0. The van der Waals surface area contributed by atoms with E-state index in [9.17, 15) is 9.18 Å². The van der Waals surface area contributed by atoms with Crippen LogP contribution in [0.5, 0.6) is 11.5 Å². The second-order valence-electron chi connectivity index (χ2n) is 5.48. The van der Waals surface area contributed by atoms with E-state index in [0.29, 0.717) is 5.75 Å². The summed E-state index contributed by atoms with van der Waals surface area (Å²) >= 11 is 0. The van der Waals surface area contributed by atoms with Crippen LogP contribution in [0.3, 0.4) is 0 Å². The van der Waals surface area contributed by atoms with Crippen molar-refractivity contribution in [1.29, 1.82) is 0 Å². The van der Waals surface area contributed by atoms with Gasteiger partial charge in [-0.1, -0.05) is 6.92 Å². The Morgan fingerprint density at radius 2 is 1.67 bits per heavy atom. The maximum absolute atomic E-state index is 14.2. The third-order valence-electron chi connectivity index (χ3n) is 4.28. The fourth-order valence-corrected chi connectivity index (χ4v) is 2.94. The van der Waals surface area contributed by atoms with E-state index in [2.05, 4.69) is 0 Å². The van der Waals surface area contributed by atoms with Gasteiger partial charge in [0, 0.05) is 6.07 Å². The Morgan fingerprint density at radius 3 is 2.14 bits per heavy atom. The Labute approximate surface area is 124 Å². The monoisotopic (exact) mass is 296 g/mol. The van der Waals surface area contributed by atoms with Crippen molar-refractivity contribution in [3.63, 3.8) is 0 Å². The maximum Gasteiger partial charge on any atom is 0.171 e. The summed E-state index contributed by atoms with van der Waals surface area (Å²) in [6.07, 6.45) is -0.243. The molecule has 116 valence electrons. The first-order valence-electron chi connectivity index (χ1n) is 7.01. The highest BCUT2D eigenvalue weighted by Gasteiger charge is 2.42. The molecular formula is C16H21FO4. The molecule has 4 nitrogen and oxygen atoms in total. The van der Waals surface area contributed by atoms with Crippen molar-refractivity contribution in [2.75, 3.05) is 14.2 Å². The molecule has 0 N–H and O–H groups in total. The van der Waals surface area contributed by atoms with Crippen molar-refractivity contribution in [2.24, 2.45) is 11.8 Å². The third kappa shape index (κ3) is 2.75. The Kier molecular flexibility index (Phi) is 4.52. The SMILES string of the molecule is COc1cc(F)c(C(=O)C2C(C)OC(C)C2C)cc1OC. The molecule has 4 unspecified atom stereocenters. The molecule has 1 heterocycles. The van der Waals surface area contributed by atoms with Crippen LogP contribution in [0.15, 0.2) is 12.1 Å². The summed E-state index contributed by atoms with van der Waals surface area (Å²) in [5, 5.41) is 0. The van der Waals surface area contributed by atoms with Gasteiger partial charge in [0.25, 0.3) is 0 Å². The van der Waals surface area contributed by atoms with E-state index in [1.165, 1.54) is 26.4 Å². The zero-order chi connectivity index (χ0) is 15.7. The molecular weight excluding hydrogens is 275 g/mol. The van der Waals surface area contributed by atoms with E-state index in [4.69, 9.17) is 14.2 Å². The molecule has 5 heteroatoms. The number of benzene rings is 1. The molecule has 1 saturated heterocycles. The van der Waals surface area contributed by atoms with Crippen LogP contribution in [-0.2, 0) is 4.74 Å². The molecule has 0 spiro atoms. The average Bonchev–Trinajstić information content (AvgIpc) is 2.71. The molecule has 4 atom stereocenters. The summed E-state index contributed by atoms with van der Waals surface area (Å²) in [5.74, 6) is -0.555. The van der Waals surface area contributed by atoms with Gasteiger partial charge in [-0.2, -0.15) is 0 Å². The van der Waals surface area contributed by atoms with Crippen LogP contribution < -0.4 is 9.47 Å². The molecule has 1 aliphatic rings. The number of carbonyl (C=O) groups excluding carboxylic acids is 1. The van der Waals surface area contributed by atoms with Crippen molar-refractivity contribution < 1.29 is 23.4 Å². The third-order valence-corrected chi connectivity index (χ3v) is 4.28. The average molecular weight is 296 g/mol. The molecule has 1 aromatic carbocycles. The lowest BCUT2D eigenvalue weighted by atomic mass is 9.83.